The zero-order valence-electron chi connectivity index (χ0n) is 16.0. The minimum atomic E-state index is -2.08. The van der Waals surface area contributed by atoms with E-state index in [2.05, 4.69) is 5.32 Å². The van der Waals surface area contributed by atoms with E-state index in [1.165, 1.54) is 23.1 Å². The smallest absolute Gasteiger partial charge is 0.268 e. The molecule has 0 radical (unpaired) electrons. The van der Waals surface area contributed by atoms with E-state index >= 15 is 0 Å². The molecule has 1 heterocycles. The summed E-state index contributed by atoms with van der Waals surface area (Å²) < 4.78 is 13.8. The Morgan fingerprint density at radius 3 is 2.67 bits per heavy atom. The summed E-state index contributed by atoms with van der Waals surface area (Å²) in [6.07, 6.45) is 0. The quantitative estimate of drug-likeness (QED) is 0.665. The van der Waals surface area contributed by atoms with Crippen molar-refractivity contribution >= 4 is 34.8 Å². The highest BCUT2D eigenvalue weighted by atomic mass is 35.5. The number of halogens is 2. The summed E-state index contributed by atoms with van der Waals surface area (Å²) in [4.78, 5) is 27.2. The van der Waals surface area contributed by atoms with Crippen molar-refractivity contribution in [2.45, 2.75) is 12.5 Å². The zero-order chi connectivity index (χ0) is 21.5. The van der Waals surface area contributed by atoms with Crippen LogP contribution in [0.1, 0.15) is 16.7 Å². The average Bonchev–Trinajstić information content (AvgIpc) is 2.94. The number of rotatable bonds is 4. The Morgan fingerprint density at radius 1 is 1.13 bits per heavy atom. The van der Waals surface area contributed by atoms with E-state index in [4.69, 9.17) is 11.6 Å². The van der Waals surface area contributed by atoms with Gasteiger partial charge in [-0.1, -0.05) is 48.0 Å². The fourth-order valence-corrected chi connectivity index (χ4v) is 3.82. The van der Waals surface area contributed by atoms with Crippen molar-refractivity contribution in [3.8, 4) is 0 Å². The number of carbonyl (C=O) groups excluding carboxylic acids is 2. The van der Waals surface area contributed by atoms with E-state index in [-0.39, 0.29) is 12.1 Å². The van der Waals surface area contributed by atoms with Crippen molar-refractivity contribution in [3.63, 3.8) is 0 Å². The Morgan fingerprint density at radius 2 is 1.90 bits per heavy atom. The van der Waals surface area contributed by atoms with Gasteiger partial charge in [-0.05, 0) is 42.8 Å². The number of anilines is 2. The third-order valence-corrected chi connectivity index (χ3v) is 5.39. The van der Waals surface area contributed by atoms with Gasteiger partial charge in [0.2, 0.25) is 5.91 Å². The lowest BCUT2D eigenvalue weighted by Crippen LogP contribution is -2.44. The Labute approximate surface area is 177 Å². The molecule has 0 spiro atoms. The molecule has 0 unspecified atom stereocenters. The molecule has 3 aromatic carbocycles. The highest BCUT2D eigenvalue weighted by molar-refractivity contribution is 6.31. The Kier molecular flexibility index (Phi) is 5.05. The number of para-hydroxylation sites is 1. The van der Waals surface area contributed by atoms with Crippen LogP contribution in [0, 0.1) is 12.7 Å². The molecule has 2 amide bonds. The minimum Gasteiger partial charge on any atom is -0.372 e. The molecule has 1 aliphatic rings. The molecule has 0 bridgehead atoms. The summed E-state index contributed by atoms with van der Waals surface area (Å²) in [6, 6.07) is 17.0. The third-order valence-electron chi connectivity index (χ3n) is 5.16. The van der Waals surface area contributed by atoms with Crippen molar-refractivity contribution in [1.29, 1.82) is 0 Å². The maximum atomic E-state index is 13.8. The van der Waals surface area contributed by atoms with Gasteiger partial charge in [-0.15, -0.1) is 0 Å². The third kappa shape index (κ3) is 3.34. The SMILES string of the molecule is Cc1ccc(Cl)cc1NC(=O)CN1C(=O)[C@](O)(c2cccc(F)c2)c2ccccc21. The van der Waals surface area contributed by atoms with E-state index in [1.54, 1.807) is 42.5 Å². The minimum absolute atomic E-state index is 0.105. The van der Waals surface area contributed by atoms with Gasteiger partial charge in [0, 0.05) is 21.8 Å². The van der Waals surface area contributed by atoms with Crippen LogP contribution in [-0.2, 0) is 15.2 Å². The summed E-state index contributed by atoms with van der Waals surface area (Å²) in [6.45, 7) is 1.50. The van der Waals surface area contributed by atoms with Crippen molar-refractivity contribution in [1.82, 2.24) is 0 Å². The molecular formula is C23H18ClFN2O3. The second-order valence-corrected chi connectivity index (χ2v) is 7.57. The van der Waals surface area contributed by atoms with Gasteiger partial charge < -0.3 is 10.4 Å². The first-order chi connectivity index (χ1) is 14.3. The van der Waals surface area contributed by atoms with Crippen molar-refractivity contribution in [2.24, 2.45) is 0 Å². The summed E-state index contributed by atoms with van der Waals surface area (Å²) in [5.74, 6) is -1.74. The lowest BCUT2D eigenvalue weighted by Gasteiger charge is -2.23. The van der Waals surface area contributed by atoms with Gasteiger partial charge in [-0.25, -0.2) is 4.39 Å². The predicted molar refractivity (Wildman–Crippen MR) is 113 cm³/mol. The second kappa shape index (κ2) is 7.55. The van der Waals surface area contributed by atoms with Crippen LogP contribution in [0.5, 0.6) is 0 Å². The van der Waals surface area contributed by atoms with Crippen LogP contribution in [0.15, 0.2) is 66.7 Å². The van der Waals surface area contributed by atoms with Gasteiger partial charge in [0.15, 0.2) is 5.60 Å². The number of carbonyl (C=O) groups is 2. The van der Waals surface area contributed by atoms with Crippen LogP contribution < -0.4 is 10.2 Å². The fraction of sp³-hybridized carbons (Fsp3) is 0.130. The van der Waals surface area contributed by atoms with Gasteiger partial charge >= 0.3 is 0 Å². The Bertz CT molecular complexity index is 1170. The second-order valence-electron chi connectivity index (χ2n) is 7.14. The van der Waals surface area contributed by atoms with E-state index in [0.29, 0.717) is 22.0 Å². The molecule has 0 fully saturated rings. The first-order valence-corrected chi connectivity index (χ1v) is 9.64. The Balaban J connectivity index is 1.67. The van der Waals surface area contributed by atoms with E-state index < -0.39 is 23.2 Å². The Hall–Kier alpha value is -3.22. The molecule has 0 aliphatic carbocycles. The number of aryl methyl sites for hydroxylation is 1. The van der Waals surface area contributed by atoms with Gasteiger partial charge in [0.1, 0.15) is 12.4 Å². The zero-order valence-corrected chi connectivity index (χ0v) is 16.8. The molecule has 4 rings (SSSR count). The van der Waals surface area contributed by atoms with Gasteiger partial charge in [0.05, 0.1) is 5.69 Å². The molecule has 7 heteroatoms. The molecule has 0 aromatic heterocycles. The molecule has 3 aromatic rings. The molecular weight excluding hydrogens is 407 g/mol. The van der Waals surface area contributed by atoms with Gasteiger partial charge in [0.25, 0.3) is 5.91 Å². The molecule has 0 saturated carbocycles. The van der Waals surface area contributed by atoms with E-state index in [0.717, 1.165) is 11.6 Å². The molecule has 152 valence electrons. The van der Waals surface area contributed by atoms with Gasteiger partial charge in [-0.2, -0.15) is 0 Å². The summed E-state index contributed by atoms with van der Waals surface area (Å²) >= 11 is 6.00. The van der Waals surface area contributed by atoms with E-state index in [9.17, 15) is 19.1 Å². The number of fused-ring (bicyclic) bond motifs is 1. The summed E-state index contributed by atoms with van der Waals surface area (Å²) in [5.41, 5.74) is 0.0726. The van der Waals surface area contributed by atoms with Crippen molar-refractivity contribution in [2.75, 3.05) is 16.8 Å². The predicted octanol–water partition coefficient (Wildman–Crippen LogP) is 4.01. The monoisotopic (exact) mass is 424 g/mol. The summed E-state index contributed by atoms with van der Waals surface area (Å²) in [5, 5.41) is 14.6. The maximum Gasteiger partial charge on any atom is 0.268 e. The maximum absolute atomic E-state index is 13.8. The molecule has 5 nitrogen and oxygen atoms in total. The number of hydrogen-bond donors (Lipinski definition) is 2. The first-order valence-electron chi connectivity index (χ1n) is 9.26. The molecule has 1 aliphatic heterocycles. The molecule has 30 heavy (non-hydrogen) atoms. The lowest BCUT2D eigenvalue weighted by atomic mass is 9.87. The van der Waals surface area contributed by atoms with Crippen LogP contribution >= 0.6 is 11.6 Å². The average molecular weight is 425 g/mol. The highest BCUT2D eigenvalue weighted by Crippen LogP contribution is 2.44. The standard InChI is InChI=1S/C23H18ClFN2O3/c1-14-9-10-16(24)12-19(14)26-21(28)13-27-20-8-3-2-7-18(20)23(30,22(27)29)15-5-4-6-17(25)11-15/h2-12,30H,13H2,1H3,(H,26,28)/t23-/m0/s1. The highest BCUT2D eigenvalue weighted by Gasteiger charge is 2.51. The largest absolute Gasteiger partial charge is 0.372 e. The summed E-state index contributed by atoms with van der Waals surface area (Å²) in [7, 11) is 0. The molecule has 0 saturated heterocycles. The molecule has 1 atom stereocenters. The van der Waals surface area contributed by atoms with E-state index in [1.807, 2.05) is 6.92 Å². The number of benzene rings is 3. The topological polar surface area (TPSA) is 69.6 Å². The van der Waals surface area contributed by atoms with Crippen LogP contribution in [0.2, 0.25) is 5.02 Å². The number of hydrogen-bond acceptors (Lipinski definition) is 3. The number of amides is 2. The normalized spacial score (nSPS) is 17.7. The number of nitrogens with zero attached hydrogens (tertiary/aromatic N) is 1. The van der Waals surface area contributed by atoms with Gasteiger partial charge in [-0.3, -0.25) is 14.5 Å². The van der Waals surface area contributed by atoms with Crippen LogP contribution in [0.4, 0.5) is 15.8 Å². The number of nitrogens with one attached hydrogen (secondary N) is 1. The van der Waals surface area contributed by atoms with Crippen LogP contribution in [-0.4, -0.2) is 23.5 Å². The first kappa shape index (κ1) is 20.1. The number of aliphatic hydroxyl groups is 1. The van der Waals surface area contributed by atoms with Crippen LogP contribution in [0.3, 0.4) is 0 Å². The fourth-order valence-electron chi connectivity index (χ4n) is 3.65. The lowest BCUT2D eigenvalue weighted by molar-refractivity contribution is -0.133. The van der Waals surface area contributed by atoms with Crippen molar-refractivity contribution in [3.05, 3.63) is 94.3 Å². The van der Waals surface area contributed by atoms with Crippen LogP contribution in [0.25, 0.3) is 0 Å². The van der Waals surface area contributed by atoms with Crippen molar-refractivity contribution < 1.29 is 19.1 Å². The molecule has 2 N–H and O–H groups in total.